The van der Waals surface area contributed by atoms with Crippen LogP contribution in [0.4, 0.5) is 5.69 Å². The highest BCUT2D eigenvalue weighted by atomic mass is 16.5. The van der Waals surface area contributed by atoms with Crippen molar-refractivity contribution in [3.8, 4) is 11.5 Å². The average molecular weight is 385 g/mol. The molecule has 1 aliphatic heterocycles. The molecule has 0 saturated heterocycles. The van der Waals surface area contributed by atoms with Crippen LogP contribution in [0.1, 0.15) is 31.8 Å². The highest BCUT2D eigenvalue weighted by molar-refractivity contribution is 6.34. The van der Waals surface area contributed by atoms with Crippen LogP contribution in [-0.2, 0) is 0 Å². The molecule has 144 valence electrons. The van der Waals surface area contributed by atoms with E-state index in [-0.39, 0.29) is 11.8 Å². The van der Waals surface area contributed by atoms with Crippen LogP contribution in [0.25, 0.3) is 12.2 Å². The fourth-order valence-corrected chi connectivity index (χ4v) is 3.38. The quantitative estimate of drug-likeness (QED) is 0.473. The number of anilines is 1. The van der Waals surface area contributed by atoms with Crippen molar-refractivity contribution in [3.05, 3.63) is 89.0 Å². The molecule has 5 nitrogen and oxygen atoms in total. The minimum Gasteiger partial charge on any atom is -0.493 e. The number of methoxy groups -OCH3 is 2. The number of hydrogen-bond donors (Lipinski definition) is 0. The predicted octanol–water partition coefficient (Wildman–Crippen LogP) is 4.67. The Morgan fingerprint density at radius 2 is 1.34 bits per heavy atom. The molecule has 0 N–H and O–H groups in total. The lowest BCUT2D eigenvalue weighted by Gasteiger charge is -2.16. The van der Waals surface area contributed by atoms with Crippen molar-refractivity contribution in [1.29, 1.82) is 0 Å². The van der Waals surface area contributed by atoms with E-state index in [2.05, 4.69) is 0 Å². The number of amides is 2. The minimum atomic E-state index is -0.308. The molecule has 2 amide bonds. The molecule has 0 saturated carbocycles. The summed E-state index contributed by atoms with van der Waals surface area (Å²) in [5.74, 6) is 0.662. The molecule has 4 rings (SSSR count). The van der Waals surface area contributed by atoms with Gasteiger partial charge in [0.25, 0.3) is 11.8 Å². The van der Waals surface area contributed by atoms with E-state index >= 15 is 0 Å². The van der Waals surface area contributed by atoms with Gasteiger partial charge in [0.05, 0.1) is 31.0 Å². The van der Waals surface area contributed by atoms with E-state index in [0.717, 1.165) is 11.1 Å². The Hall–Kier alpha value is -3.86. The second-order valence-electron chi connectivity index (χ2n) is 6.50. The van der Waals surface area contributed by atoms with Gasteiger partial charge in [-0.2, -0.15) is 0 Å². The van der Waals surface area contributed by atoms with Crippen molar-refractivity contribution < 1.29 is 19.1 Å². The Kier molecular flexibility index (Phi) is 4.87. The normalized spacial score (nSPS) is 13.1. The van der Waals surface area contributed by atoms with Crippen molar-refractivity contribution in [2.75, 3.05) is 19.1 Å². The van der Waals surface area contributed by atoms with Gasteiger partial charge in [0.1, 0.15) is 0 Å². The van der Waals surface area contributed by atoms with Gasteiger partial charge in [-0.3, -0.25) is 9.59 Å². The SMILES string of the molecule is COc1ccc(/C=C\c2ccccc2N2C(=O)c3ccccc3C2=O)cc1OC. The molecule has 0 aliphatic carbocycles. The third-order valence-corrected chi connectivity index (χ3v) is 4.83. The molecule has 0 radical (unpaired) electrons. The van der Waals surface area contributed by atoms with E-state index in [1.54, 1.807) is 44.6 Å². The van der Waals surface area contributed by atoms with Crippen molar-refractivity contribution in [2.45, 2.75) is 0 Å². The molecule has 0 aromatic heterocycles. The fraction of sp³-hybridized carbons (Fsp3) is 0.0833. The molecule has 0 fully saturated rings. The number of ether oxygens (including phenoxy) is 2. The average Bonchev–Trinajstić information content (AvgIpc) is 3.02. The summed E-state index contributed by atoms with van der Waals surface area (Å²) >= 11 is 0. The smallest absolute Gasteiger partial charge is 0.266 e. The summed E-state index contributed by atoms with van der Waals surface area (Å²) in [4.78, 5) is 26.9. The molecule has 3 aromatic rings. The van der Waals surface area contributed by atoms with Gasteiger partial charge in [0.15, 0.2) is 11.5 Å². The Morgan fingerprint density at radius 1 is 0.724 bits per heavy atom. The number of para-hydroxylation sites is 1. The Morgan fingerprint density at radius 3 is 2.00 bits per heavy atom. The van der Waals surface area contributed by atoms with Crippen LogP contribution >= 0.6 is 0 Å². The summed E-state index contributed by atoms with van der Waals surface area (Å²) in [6, 6.07) is 19.8. The molecule has 5 heteroatoms. The maximum absolute atomic E-state index is 12.8. The van der Waals surface area contributed by atoms with Gasteiger partial charge in [-0.05, 0) is 41.5 Å². The number of carbonyl (C=O) groups excluding carboxylic acids is 2. The first kappa shape index (κ1) is 18.5. The summed E-state index contributed by atoms with van der Waals surface area (Å²) in [6.45, 7) is 0. The lowest BCUT2D eigenvalue weighted by atomic mass is 10.1. The topological polar surface area (TPSA) is 55.8 Å². The first-order valence-corrected chi connectivity index (χ1v) is 9.11. The number of hydrogen-bond acceptors (Lipinski definition) is 4. The van der Waals surface area contributed by atoms with Crippen LogP contribution in [0.5, 0.6) is 11.5 Å². The molecular formula is C24H19NO4. The Bertz CT molecular complexity index is 1100. The Balaban J connectivity index is 1.69. The number of imide groups is 1. The van der Waals surface area contributed by atoms with E-state index in [4.69, 9.17) is 9.47 Å². The van der Waals surface area contributed by atoms with Crippen molar-refractivity contribution >= 4 is 29.7 Å². The molecule has 0 unspecified atom stereocenters. The second-order valence-corrected chi connectivity index (χ2v) is 6.50. The van der Waals surface area contributed by atoms with Gasteiger partial charge < -0.3 is 9.47 Å². The largest absolute Gasteiger partial charge is 0.493 e. The van der Waals surface area contributed by atoms with Gasteiger partial charge >= 0.3 is 0 Å². The molecule has 0 bridgehead atoms. The zero-order chi connectivity index (χ0) is 20.4. The summed E-state index contributed by atoms with van der Waals surface area (Å²) in [5.41, 5.74) is 3.07. The molecule has 1 aliphatic rings. The van der Waals surface area contributed by atoms with Crippen LogP contribution in [0.3, 0.4) is 0 Å². The maximum atomic E-state index is 12.8. The zero-order valence-electron chi connectivity index (χ0n) is 16.1. The van der Waals surface area contributed by atoms with Crippen LogP contribution < -0.4 is 14.4 Å². The number of rotatable bonds is 5. The molecule has 1 heterocycles. The number of fused-ring (bicyclic) bond motifs is 1. The van der Waals surface area contributed by atoms with Crippen LogP contribution in [0, 0.1) is 0 Å². The van der Waals surface area contributed by atoms with Crippen molar-refractivity contribution in [2.24, 2.45) is 0 Å². The highest BCUT2D eigenvalue weighted by Gasteiger charge is 2.36. The third-order valence-electron chi connectivity index (χ3n) is 4.83. The van der Waals surface area contributed by atoms with Crippen molar-refractivity contribution in [1.82, 2.24) is 0 Å². The summed E-state index contributed by atoms with van der Waals surface area (Å²) in [5, 5.41) is 0. The summed E-state index contributed by atoms with van der Waals surface area (Å²) in [6.07, 6.45) is 3.78. The van der Waals surface area contributed by atoms with Crippen LogP contribution in [0.2, 0.25) is 0 Å². The number of benzene rings is 3. The number of carbonyl (C=O) groups is 2. The lowest BCUT2D eigenvalue weighted by molar-refractivity contribution is 0.0926. The molecule has 3 aromatic carbocycles. The van der Waals surface area contributed by atoms with Crippen LogP contribution in [-0.4, -0.2) is 26.0 Å². The van der Waals surface area contributed by atoms with Crippen molar-refractivity contribution in [3.63, 3.8) is 0 Å². The first-order chi connectivity index (χ1) is 14.1. The zero-order valence-corrected chi connectivity index (χ0v) is 16.1. The molecule has 0 spiro atoms. The minimum absolute atomic E-state index is 0.308. The van der Waals surface area contributed by atoms with Gasteiger partial charge in [0.2, 0.25) is 0 Å². The van der Waals surface area contributed by atoms with E-state index < -0.39 is 0 Å². The standard InChI is InChI=1S/C24H19NO4/c1-28-21-14-12-16(15-22(21)29-2)11-13-17-7-3-6-10-20(17)25-23(26)18-8-4-5-9-19(18)24(25)27/h3-15H,1-2H3/b13-11-. The van der Waals surface area contributed by atoms with Gasteiger partial charge in [-0.15, -0.1) is 0 Å². The van der Waals surface area contributed by atoms with Crippen LogP contribution in [0.15, 0.2) is 66.7 Å². The number of nitrogens with zero attached hydrogens (tertiary/aromatic N) is 1. The van der Waals surface area contributed by atoms with Gasteiger partial charge in [-0.1, -0.05) is 48.6 Å². The summed E-state index contributed by atoms with van der Waals surface area (Å²) < 4.78 is 10.6. The van der Waals surface area contributed by atoms with E-state index in [9.17, 15) is 9.59 Å². The monoisotopic (exact) mass is 385 g/mol. The predicted molar refractivity (Wildman–Crippen MR) is 112 cm³/mol. The third kappa shape index (κ3) is 3.27. The summed E-state index contributed by atoms with van der Waals surface area (Å²) in [7, 11) is 3.18. The lowest BCUT2D eigenvalue weighted by Crippen LogP contribution is -2.29. The Labute approximate surface area is 168 Å². The first-order valence-electron chi connectivity index (χ1n) is 9.11. The van der Waals surface area contributed by atoms with E-state index in [1.165, 1.54) is 4.90 Å². The molecule has 0 atom stereocenters. The molecule has 29 heavy (non-hydrogen) atoms. The van der Waals surface area contributed by atoms with E-state index in [1.807, 2.05) is 48.6 Å². The fourth-order valence-electron chi connectivity index (χ4n) is 3.38. The maximum Gasteiger partial charge on any atom is 0.266 e. The van der Waals surface area contributed by atoms with Gasteiger partial charge in [-0.25, -0.2) is 4.90 Å². The van der Waals surface area contributed by atoms with E-state index in [0.29, 0.717) is 28.3 Å². The van der Waals surface area contributed by atoms with Gasteiger partial charge in [0, 0.05) is 0 Å². The second kappa shape index (κ2) is 7.64. The molecular weight excluding hydrogens is 366 g/mol. The highest BCUT2D eigenvalue weighted by Crippen LogP contribution is 2.32.